The van der Waals surface area contributed by atoms with E-state index in [9.17, 15) is 19.2 Å². The Labute approximate surface area is 178 Å². The molecule has 1 aliphatic carbocycles. The molecule has 0 spiro atoms. The second-order valence-corrected chi connectivity index (χ2v) is 7.44. The van der Waals surface area contributed by atoms with Crippen molar-refractivity contribution in [1.82, 2.24) is 16.2 Å². The highest BCUT2D eigenvalue weighted by molar-refractivity contribution is 6.32. The predicted molar refractivity (Wildman–Crippen MR) is 111 cm³/mol. The SMILES string of the molecule is CC(C)[C@H](NC(=O)C(=O)O)C(=O)NNC(=O)OCC1c2ccccc2-c2ccccc21. The van der Waals surface area contributed by atoms with Crippen molar-refractivity contribution in [2.75, 3.05) is 6.61 Å². The summed E-state index contributed by atoms with van der Waals surface area (Å²) in [5.41, 5.74) is 8.57. The number of fused-ring (bicyclic) bond motifs is 3. The average molecular weight is 425 g/mol. The number of carboxylic acids is 1. The standard InChI is InChI=1S/C22H23N3O6/c1-12(2)18(23-20(27)21(28)29)19(26)24-25-22(30)31-11-17-15-9-5-3-7-13(15)14-8-4-6-10-16(14)17/h3-10,12,17-18H,11H2,1-2H3,(H,23,27)(H,24,26)(H,25,30)(H,28,29)/t18-/m0/s1. The highest BCUT2D eigenvalue weighted by Gasteiger charge is 2.30. The van der Waals surface area contributed by atoms with Gasteiger partial charge in [-0.15, -0.1) is 0 Å². The molecular weight excluding hydrogens is 402 g/mol. The number of carboxylic acid groups (broad SMARTS) is 1. The van der Waals surface area contributed by atoms with Gasteiger partial charge in [-0.3, -0.25) is 15.0 Å². The summed E-state index contributed by atoms with van der Waals surface area (Å²) in [5, 5.41) is 10.8. The molecule has 9 nitrogen and oxygen atoms in total. The quantitative estimate of drug-likeness (QED) is 0.426. The molecule has 0 aromatic heterocycles. The molecule has 3 rings (SSSR count). The molecule has 0 heterocycles. The van der Waals surface area contributed by atoms with E-state index in [0.29, 0.717) is 0 Å². The number of aliphatic carboxylic acids is 1. The highest BCUT2D eigenvalue weighted by atomic mass is 16.6. The van der Waals surface area contributed by atoms with E-state index < -0.39 is 35.8 Å². The van der Waals surface area contributed by atoms with Crippen molar-refractivity contribution < 1.29 is 29.0 Å². The number of benzene rings is 2. The fraction of sp³-hybridized carbons (Fsp3) is 0.273. The molecule has 2 aromatic rings. The lowest BCUT2D eigenvalue weighted by atomic mass is 9.98. The Morgan fingerprint density at radius 3 is 2.00 bits per heavy atom. The third kappa shape index (κ3) is 4.82. The first-order valence-electron chi connectivity index (χ1n) is 9.74. The van der Waals surface area contributed by atoms with E-state index in [0.717, 1.165) is 22.3 Å². The zero-order valence-corrected chi connectivity index (χ0v) is 17.0. The van der Waals surface area contributed by atoms with Crippen LogP contribution in [0.15, 0.2) is 48.5 Å². The summed E-state index contributed by atoms with van der Waals surface area (Å²) >= 11 is 0. The third-order valence-electron chi connectivity index (χ3n) is 5.06. The van der Waals surface area contributed by atoms with Crippen LogP contribution in [0.5, 0.6) is 0 Å². The van der Waals surface area contributed by atoms with E-state index in [1.165, 1.54) is 0 Å². The van der Waals surface area contributed by atoms with Gasteiger partial charge in [0.1, 0.15) is 12.6 Å². The maximum absolute atomic E-state index is 12.2. The first kappa shape index (κ1) is 21.8. The van der Waals surface area contributed by atoms with Crippen molar-refractivity contribution in [3.05, 3.63) is 59.7 Å². The molecule has 31 heavy (non-hydrogen) atoms. The molecule has 1 aliphatic rings. The maximum Gasteiger partial charge on any atom is 0.426 e. The van der Waals surface area contributed by atoms with E-state index in [1.807, 2.05) is 48.5 Å². The Bertz CT molecular complexity index is 974. The van der Waals surface area contributed by atoms with Crippen molar-refractivity contribution >= 4 is 23.9 Å². The molecule has 4 N–H and O–H groups in total. The number of nitrogens with one attached hydrogen (secondary N) is 3. The van der Waals surface area contributed by atoms with Gasteiger partial charge < -0.3 is 15.2 Å². The van der Waals surface area contributed by atoms with Gasteiger partial charge in [-0.1, -0.05) is 62.4 Å². The molecule has 2 aromatic carbocycles. The molecule has 0 saturated carbocycles. The molecule has 0 radical (unpaired) electrons. The molecule has 0 bridgehead atoms. The van der Waals surface area contributed by atoms with Gasteiger partial charge in [-0.05, 0) is 28.2 Å². The van der Waals surface area contributed by atoms with Gasteiger partial charge in [0, 0.05) is 5.92 Å². The second-order valence-electron chi connectivity index (χ2n) is 7.44. The van der Waals surface area contributed by atoms with Crippen LogP contribution in [0.2, 0.25) is 0 Å². The number of hydrazine groups is 1. The van der Waals surface area contributed by atoms with Gasteiger partial charge in [0.2, 0.25) is 0 Å². The number of carbonyl (C=O) groups is 4. The van der Waals surface area contributed by atoms with E-state index >= 15 is 0 Å². The lowest BCUT2D eigenvalue weighted by Gasteiger charge is -2.21. The van der Waals surface area contributed by atoms with Gasteiger partial charge in [-0.2, -0.15) is 0 Å². The second kappa shape index (κ2) is 9.29. The van der Waals surface area contributed by atoms with Crippen molar-refractivity contribution in [2.45, 2.75) is 25.8 Å². The summed E-state index contributed by atoms with van der Waals surface area (Å²) in [5.74, 6) is -4.32. The van der Waals surface area contributed by atoms with Gasteiger partial charge in [0.25, 0.3) is 5.91 Å². The summed E-state index contributed by atoms with van der Waals surface area (Å²) < 4.78 is 5.30. The minimum absolute atomic E-state index is 0.0685. The minimum Gasteiger partial charge on any atom is -0.474 e. The summed E-state index contributed by atoms with van der Waals surface area (Å²) in [6.07, 6.45) is -0.873. The largest absolute Gasteiger partial charge is 0.474 e. The van der Waals surface area contributed by atoms with Crippen LogP contribution in [-0.2, 0) is 19.1 Å². The predicted octanol–water partition coefficient (Wildman–Crippen LogP) is 1.78. The van der Waals surface area contributed by atoms with E-state index in [4.69, 9.17) is 9.84 Å². The number of carbonyl (C=O) groups excluding carboxylic acids is 3. The van der Waals surface area contributed by atoms with Crippen molar-refractivity contribution in [2.24, 2.45) is 5.92 Å². The van der Waals surface area contributed by atoms with Crippen LogP contribution in [0.3, 0.4) is 0 Å². The summed E-state index contributed by atoms with van der Waals surface area (Å²) in [7, 11) is 0. The van der Waals surface area contributed by atoms with Crippen molar-refractivity contribution in [3.8, 4) is 11.1 Å². The average Bonchev–Trinajstić information content (AvgIpc) is 3.07. The topological polar surface area (TPSA) is 134 Å². The maximum atomic E-state index is 12.2. The lowest BCUT2D eigenvalue weighted by Crippen LogP contribution is -2.55. The third-order valence-corrected chi connectivity index (χ3v) is 5.06. The Morgan fingerprint density at radius 2 is 1.48 bits per heavy atom. The van der Waals surface area contributed by atoms with Gasteiger partial charge in [0.15, 0.2) is 0 Å². The van der Waals surface area contributed by atoms with Gasteiger partial charge in [0.05, 0.1) is 0 Å². The van der Waals surface area contributed by atoms with Gasteiger partial charge >= 0.3 is 18.0 Å². The van der Waals surface area contributed by atoms with Crippen LogP contribution < -0.4 is 16.2 Å². The van der Waals surface area contributed by atoms with E-state index in [2.05, 4.69) is 16.2 Å². The minimum atomic E-state index is -1.71. The molecular formula is C22H23N3O6. The fourth-order valence-corrected chi connectivity index (χ4v) is 3.56. The molecule has 162 valence electrons. The number of hydrogen-bond donors (Lipinski definition) is 4. The van der Waals surface area contributed by atoms with Gasteiger partial charge in [-0.25, -0.2) is 15.0 Å². The van der Waals surface area contributed by atoms with Crippen LogP contribution in [-0.4, -0.2) is 41.6 Å². The lowest BCUT2D eigenvalue weighted by molar-refractivity contribution is -0.151. The van der Waals surface area contributed by atoms with E-state index in [-0.39, 0.29) is 12.5 Å². The van der Waals surface area contributed by atoms with Crippen LogP contribution in [0.4, 0.5) is 4.79 Å². The molecule has 9 heteroatoms. The molecule has 0 aliphatic heterocycles. The molecule has 0 unspecified atom stereocenters. The number of hydrogen-bond acceptors (Lipinski definition) is 5. The smallest absolute Gasteiger partial charge is 0.426 e. The Morgan fingerprint density at radius 1 is 0.935 bits per heavy atom. The van der Waals surface area contributed by atoms with Crippen LogP contribution in [0.25, 0.3) is 11.1 Å². The van der Waals surface area contributed by atoms with Crippen molar-refractivity contribution in [3.63, 3.8) is 0 Å². The molecule has 1 atom stereocenters. The zero-order valence-electron chi connectivity index (χ0n) is 17.0. The number of ether oxygens (including phenoxy) is 1. The highest BCUT2D eigenvalue weighted by Crippen LogP contribution is 2.44. The normalized spacial score (nSPS) is 13.0. The van der Waals surface area contributed by atoms with Crippen LogP contribution in [0.1, 0.15) is 30.9 Å². The summed E-state index contributed by atoms with van der Waals surface area (Å²) in [6, 6.07) is 14.6. The Kier molecular flexibility index (Phi) is 6.54. The van der Waals surface area contributed by atoms with Crippen molar-refractivity contribution in [1.29, 1.82) is 0 Å². The molecule has 0 fully saturated rings. The monoisotopic (exact) mass is 425 g/mol. The van der Waals surface area contributed by atoms with Crippen LogP contribution >= 0.6 is 0 Å². The Balaban J connectivity index is 1.58. The van der Waals surface area contributed by atoms with E-state index in [1.54, 1.807) is 13.8 Å². The summed E-state index contributed by atoms with van der Waals surface area (Å²) in [6.45, 7) is 3.32. The first-order chi connectivity index (χ1) is 14.8. The zero-order chi connectivity index (χ0) is 22.5. The number of amides is 3. The first-order valence-corrected chi connectivity index (χ1v) is 9.74. The Hall–Kier alpha value is -3.88. The summed E-state index contributed by atoms with van der Waals surface area (Å²) in [4.78, 5) is 46.4. The molecule has 3 amide bonds. The fourth-order valence-electron chi connectivity index (χ4n) is 3.56. The molecule has 0 saturated heterocycles. The van der Waals surface area contributed by atoms with Crippen LogP contribution in [0, 0.1) is 5.92 Å². The number of rotatable bonds is 5.